The molecule has 0 bridgehead atoms. The zero-order valence-electron chi connectivity index (χ0n) is 24.1. The van der Waals surface area contributed by atoms with E-state index >= 15 is 0 Å². The van der Waals surface area contributed by atoms with E-state index in [1.165, 1.54) is 89.9 Å². The number of hydrogen-bond acceptors (Lipinski definition) is 2. The molecule has 0 aliphatic heterocycles. The maximum absolute atomic E-state index is 12.6. The minimum Gasteiger partial charge on any atom is -0.324 e. The highest BCUT2D eigenvalue weighted by Gasteiger charge is 2.12. The molecule has 0 aliphatic rings. The lowest BCUT2D eigenvalue weighted by Gasteiger charge is -2.15. The van der Waals surface area contributed by atoms with Crippen LogP contribution < -0.4 is 10.6 Å². The molecule has 0 fully saturated rings. The van der Waals surface area contributed by atoms with E-state index in [4.69, 9.17) is 0 Å². The third-order valence-corrected chi connectivity index (χ3v) is 7.20. The van der Waals surface area contributed by atoms with Crippen LogP contribution in [0.2, 0.25) is 0 Å². The van der Waals surface area contributed by atoms with Crippen molar-refractivity contribution in [3.8, 4) is 0 Å². The number of amides is 2. The number of aryl methyl sites for hydroxylation is 2. The standard InChI is InChI=1S/C32H56N2O2/c1-5-7-9-11-13-15-17-19-21-23-31(35)33-29-25-27(3)28(4)26-30(29)34-32(36)24-22-20-18-16-14-12-10-8-6-2/h25-26H,5-24H2,1-4H3,(H,33,35)(H,34,36). The first kappa shape index (κ1) is 32.2. The molecule has 0 heterocycles. The van der Waals surface area contributed by atoms with Gasteiger partial charge in [0.2, 0.25) is 11.8 Å². The average Bonchev–Trinajstić information content (AvgIpc) is 2.85. The Balaban J connectivity index is 2.34. The van der Waals surface area contributed by atoms with E-state index in [0.717, 1.165) is 48.2 Å². The fourth-order valence-corrected chi connectivity index (χ4v) is 4.64. The smallest absolute Gasteiger partial charge is 0.224 e. The molecule has 36 heavy (non-hydrogen) atoms. The van der Waals surface area contributed by atoms with Gasteiger partial charge in [-0.25, -0.2) is 0 Å². The summed E-state index contributed by atoms with van der Waals surface area (Å²) < 4.78 is 0. The maximum Gasteiger partial charge on any atom is 0.224 e. The molecule has 0 unspecified atom stereocenters. The monoisotopic (exact) mass is 500 g/mol. The first-order valence-electron chi connectivity index (χ1n) is 15.2. The summed E-state index contributed by atoms with van der Waals surface area (Å²) in [5, 5.41) is 6.12. The van der Waals surface area contributed by atoms with Crippen molar-refractivity contribution in [2.45, 2.75) is 156 Å². The van der Waals surface area contributed by atoms with Crippen LogP contribution in [0.5, 0.6) is 0 Å². The van der Waals surface area contributed by atoms with E-state index in [2.05, 4.69) is 24.5 Å². The minimum absolute atomic E-state index is 0.0376. The lowest BCUT2D eigenvalue weighted by molar-refractivity contribution is -0.117. The minimum atomic E-state index is 0.0376. The zero-order chi connectivity index (χ0) is 26.4. The van der Waals surface area contributed by atoms with Crippen molar-refractivity contribution in [3.05, 3.63) is 23.3 Å². The van der Waals surface area contributed by atoms with E-state index in [1.54, 1.807) is 0 Å². The summed E-state index contributed by atoms with van der Waals surface area (Å²) in [6, 6.07) is 3.97. The molecule has 0 saturated carbocycles. The van der Waals surface area contributed by atoms with E-state index in [9.17, 15) is 9.59 Å². The van der Waals surface area contributed by atoms with Crippen LogP contribution in [0.15, 0.2) is 12.1 Å². The lowest BCUT2D eigenvalue weighted by atomic mass is 10.1. The van der Waals surface area contributed by atoms with Crippen molar-refractivity contribution in [2.24, 2.45) is 0 Å². The summed E-state index contributed by atoms with van der Waals surface area (Å²) in [7, 11) is 0. The van der Waals surface area contributed by atoms with Crippen LogP contribution in [-0.2, 0) is 9.59 Å². The molecule has 0 aromatic heterocycles. The number of unbranched alkanes of at least 4 members (excludes halogenated alkanes) is 16. The highest BCUT2D eigenvalue weighted by Crippen LogP contribution is 2.27. The van der Waals surface area contributed by atoms with Crippen LogP contribution in [0, 0.1) is 13.8 Å². The normalized spacial score (nSPS) is 11.0. The molecular formula is C32H56N2O2. The van der Waals surface area contributed by atoms with Crippen LogP contribution in [-0.4, -0.2) is 11.8 Å². The molecule has 0 saturated heterocycles. The van der Waals surface area contributed by atoms with Crippen molar-refractivity contribution >= 4 is 23.2 Å². The van der Waals surface area contributed by atoms with Crippen molar-refractivity contribution < 1.29 is 9.59 Å². The van der Waals surface area contributed by atoms with Gasteiger partial charge >= 0.3 is 0 Å². The Morgan fingerprint density at radius 1 is 0.500 bits per heavy atom. The van der Waals surface area contributed by atoms with Gasteiger partial charge in [0.05, 0.1) is 11.4 Å². The Labute approximate surface area is 222 Å². The molecule has 0 radical (unpaired) electrons. The van der Waals surface area contributed by atoms with E-state index < -0.39 is 0 Å². The Bertz CT molecular complexity index is 668. The summed E-state index contributed by atoms with van der Waals surface area (Å²) >= 11 is 0. The molecule has 1 rings (SSSR count). The van der Waals surface area contributed by atoms with Crippen molar-refractivity contribution in [2.75, 3.05) is 10.6 Å². The van der Waals surface area contributed by atoms with E-state index in [-0.39, 0.29) is 11.8 Å². The SMILES string of the molecule is CCCCCCCCCCCC(=O)Nc1cc(C)c(C)cc1NC(=O)CCCCCCCCCCC. The van der Waals surface area contributed by atoms with Gasteiger partial charge in [0.15, 0.2) is 0 Å². The Hall–Kier alpha value is -1.84. The lowest BCUT2D eigenvalue weighted by Crippen LogP contribution is -2.17. The van der Waals surface area contributed by atoms with Crippen LogP contribution >= 0.6 is 0 Å². The Morgan fingerprint density at radius 2 is 0.778 bits per heavy atom. The largest absolute Gasteiger partial charge is 0.324 e. The molecule has 0 spiro atoms. The van der Waals surface area contributed by atoms with Gasteiger partial charge in [-0.15, -0.1) is 0 Å². The fraction of sp³-hybridized carbons (Fsp3) is 0.750. The van der Waals surface area contributed by atoms with Crippen molar-refractivity contribution in [1.82, 2.24) is 0 Å². The number of benzene rings is 1. The summed E-state index contributed by atoms with van der Waals surface area (Å²) in [5.41, 5.74) is 3.68. The first-order chi connectivity index (χ1) is 17.5. The molecule has 206 valence electrons. The topological polar surface area (TPSA) is 58.2 Å². The number of nitrogens with one attached hydrogen (secondary N) is 2. The zero-order valence-corrected chi connectivity index (χ0v) is 24.1. The molecule has 0 aliphatic carbocycles. The van der Waals surface area contributed by atoms with Crippen LogP contribution in [0.1, 0.15) is 153 Å². The van der Waals surface area contributed by atoms with Crippen molar-refractivity contribution in [3.63, 3.8) is 0 Å². The van der Waals surface area contributed by atoms with Gasteiger partial charge in [-0.1, -0.05) is 117 Å². The predicted octanol–water partition coefficient (Wildman–Crippen LogP) is 10.0. The third kappa shape index (κ3) is 16.0. The number of carbonyl (C=O) groups excluding carboxylic acids is 2. The average molecular weight is 501 g/mol. The predicted molar refractivity (Wildman–Crippen MR) is 157 cm³/mol. The number of hydrogen-bond donors (Lipinski definition) is 2. The highest BCUT2D eigenvalue weighted by atomic mass is 16.2. The molecule has 2 amide bonds. The summed E-state index contributed by atoms with van der Waals surface area (Å²) in [6.07, 6.45) is 23.4. The molecule has 4 heteroatoms. The maximum atomic E-state index is 12.6. The second-order valence-electron chi connectivity index (χ2n) is 10.7. The van der Waals surface area contributed by atoms with Gasteiger partial charge < -0.3 is 10.6 Å². The van der Waals surface area contributed by atoms with Crippen molar-refractivity contribution in [1.29, 1.82) is 0 Å². The highest BCUT2D eigenvalue weighted by molar-refractivity contribution is 5.99. The molecule has 1 aromatic carbocycles. The second-order valence-corrected chi connectivity index (χ2v) is 10.7. The summed E-state index contributed by atoms with van der Waals surface area (Å²) in [6.45, 7) is 8.58. The van der Waals surface area contributed by atoms with Crippen LogP contribution in [0.3, 0.4) is 0 Å². The van der Waals surface area contributed by atoms with Crippen LogP contribution in [0.4, 0.5) is 11.4 Å². The van der Waals surface area contributed by atoms with Gasteiger partial charge in [-0.2, -0.15) is 0 Å². The number of carbonyl (C=O) groups is 2. The number of rotatable bonds is 22. The van der Waals surface area contributed by atoms with Crippen LogP contribution in [0.25, 0.3) is 0 Å². The van der Waals surface area contributed by atoms with Gasteiger partial charge in [0.1, 0.15) is 0 Å². The van der Waals surface area contributed by atoms with Gasteiger partial charge in [0, 0.05) is 12.8 Å². The number of anilines is 2. The third-order valence-electron chi connectivity index (χ3n) is 7.20. The van der Waals surface area contributed by atoms with Gasteiger partial charge in [-0.05, 0) is 49.9 Å². The molecule has 0 atom stereocenters. The van der Waals surface area contributed by atoms with Gasteiger partial charge in [-0.3, -0.25) is 9.59 Å². The summed E-state index contributed by atoms with van der Waals surface area (Å²) in [4.78, 5) is 25.2. The van der Waals surface area contributed by atoms with E-state index in [1.807, 2.05) is 26.0 Å². The molecule has 2 N–H and O–H groups in total. The quantitative estimate of drug-likeness (QED) is 0.156. The fourth-order valence-electron chi connectivity index (χ4n) is 4.64. The Kier molecular flexibility index (Phi) is 19.0. The molecular weight excluding hydrogens is 444 g/mol. The molecule has 1 aromatic rings. The second kappa shape index (κ2) is 21.3. The van der Waals surface area contributed by atoms with E-state index in [0.29, 0.717) is 12.8 Å². The van der Waals surface area contributed by atoms with Gasteiger partial charge in [0.25, 0.3) is 0 Å². The Morgan fingerprint density at radius 3 is 1.08 bits per heavy atom. The molecule has 4 nitrogen and oxygen atoms in total. The first-order valence-corrected chi connectivity index (χ1v) is 15.2. The summed E-state index contributed by atoms with van der Waals surface area (Å²) in [5.74, 6) is 0.0752.